The van der Waals surface area contributed by atoms with Crippen LogP contribution in [0.3, 0.4) is 0 Å². The first-order valence-electron chi connectivity index (χ1n) is 8.89. The van der Waals surface area contributed by atoms with Gasteiger partial charge in [-0.2, -0.15) is 0 Å². The number of para-hydroxylation sites is 2. The molecule has 0 saturated carbocycles. The van der Waals surface area contributed by atoms with Gasteiger partial charge in [-0.15, -0.1) is 0 Å². The molecule has 0 atom stereocenters. The molecule has 0 aliphatic rings. The average molecular weight is 331 g/mol. The van der Waals surface area contributed by atoms with Crippen molar-refractivity contribution in [2.45, 2.75) is 0 Å². The van der Waals surface area contributed by atoms with Crippen LogP contribution in [0.4, 0.5) is 0 Å². The fourth-order valence-corrected chi connectivity index (χ4v) is 4.70. The number of furan rings is 1. The van der Waals surface area contributed by atoms with E-state index in [2.05, 4.69) is 83.3 Å². The zero-order valence-corrected chi connectivity index (χ0v) is 13.9. The number of rotatable bonds is 0. The molecule has 2 nitrogen and oxygen atoms in total. The second-order valence-corrected chi connectivity index (χ2v) is 6.99. The lowest BCUT2D eigenvalue weighted by molar-refractivity contribution is 0.673. The first kappa shape index (κ1) is 12.8. The van der Waals surface area contributed by atoms with Crippen molar-refractivity contribution < 1.29 is 4.42 Å². The average Bonchev–Trinajstić information content (AvgIpc) is 3.18. The summed E-state index contributed by atoms with van der Waals surface area (Å²) in [5, 5.41) is 7.48. The van der Waals surface area contributed by atoms with E-state index in [1.807, 2.05) is 0 Å². The van der Waals surface area contributed by atoms with Gasteiger partial charge in [-0.25, -0.2) is 0 Å². The number of benzene rings is 4. The van der Waals surface area contributed by atoms with Crippen molar-refractivity contribution in [1.82, 2.24) is 4.40 Å². The summed E-state index contributed by atoms with van der Waals surface area (Å²) in [6, 6.07) is 28.1. The minimum Gasteiger partial charge on any atom is -0.454 e. The van der Waals surface area contributed by atoms with Gasteiger partial charge in [-0.1, -0.05) is 54.6 Å². The zero-order valence-electron chi connectivity index (χ0n) is 13.9. The maximum atomic E-state index is 6.38. The van der Waals surface area contributed by atoms with Crippen molar-refractivity contribution >= 4 is 60.0 Å². The molecule has 2 heteroatoms. The molecule has 3 heterocycles. The third-order valence-corrected chi connectivity index (χ3v) is 5.72. The summed E-state index contributed by atoms with van der Waals surface area (Å²) in [6.07, 6.45) is 0. The number of fused-ring (bicyclic) bond motifs is 6. The molecule has 0 saturated heterocycles. The molecule has 0 aliphatic heterocycles. The third-order valence-electron chi connectivity index (χ3n) is 5.72. The number of hydrogen-bond donors (Lipinski definition) is 0. The normalized spacial score (nSPS) is 12.6. The molecule has 120 valence electrons. The van der Waals surface area contributed by atoms with Gasteiger partial charge in [0.2, 0.25) is 0 Å². The Morgan fingerprint density at radius 1 is 0.577 bits per heavy atom. The van der Waals surface area contributed by atoms with Gasteiger partial charge < -0.3 is 8.82 Å². The van der Waals surface area contributed by atoms with E-state index in [9.17, 15) is 0 Å². The largest absolute Gasteiger partial charge is 0.454 e. The third kappa shape index (κ3) is 1.29. The first-order valence-corrected chi connectivity index (χ1v) is 8.89. The highest BCUT2D eigenvalue weighted by Gasteiger charge is 2.21. The summed E-state index contributed by atoms with van der Waals surface area (Å²) < 4.78 is 8.76. The van der Waals surface area contributed by atoms with Crippen LogP contribution in [-0.2, 0) is 0 Å². The molecular weight excluding hydrogens is 318 g/mol. The molecule has 0 unspecified atom stereocenters. The Hall–Kier alpha value is -3.52. The molecule has 0 radical (unpaired) electrons. The van der Waals surface area contributed by atoms with Crippen molar-refractivity contribution in [3.05, 3.63) is 78.9 Å². The minimum atomic E-state index is 0.960. The van der Waals surface area contributed by atoms with E-state index in [1.54, 1.807) is 0 Å². The molecule has 0 aliphatic carbocycles. The highest BCUT2D eigenvalue weighted by molar-refractivity contribution is 6.31. The Morgan fingerprint density at radius 3 is 2.19 bits per heavy atom. The first-order chi connectivity index (χ1) is 12.9. The van der Waals surface area contributed by atoms with E-state index in [0.29, 0.717) is 0 Å². The molecule has 26 heavy (non-hydrogen) atoms. The Labute approximate surface area is 148 Å². The second-order valence-electron chi connectivity index (χ2n) is 6.99. The molecule has 7 rings (SSSR count). The Balaban J connectivity index is 2.07. The molecule has 4 aromatic carbocycles. The van der Waals surface area contributed by atoms with Crippen molar-refractivity contribution in [3.63, 3.8) is 0 Å². The van der Waals surface area contributed by atoms with Crippen molar-refractivity contribution in [1.29, 1.82) is 0 Å². The van der Waals surface area contributed by atoms with Crippen LogP contribution < -0.4 is 0 Å². The quantitative estimate of drug-likeness (QED) is 0.301. The maximum Gasteiger partial charge on any atom is 0.161 e. The Kier molecular flexibility index (Phi) is 2.05. The van der Waals surface area contributed by atoms with Gasteiger partial charge in [0, 0.05) is 16.2 Å². The number of aromatic nitrogens is 1. The number of nitrogens with zero attached hydrogens (tertiary/aromatic N) is 1. The van der Waals surface area contributed by atoms with Crippen LogP contribution in [0.5, 0.6) is 0 Å². The molecule has 0 fully saturated rings. The summed E-state index contributed by atoms with van der Waals surface area (Å²) in [5.74, 6) is 0. The van der Waals surface area contributed by atoms with Crippen LogP contribution in [0.2, 0.25) is 0 Å². The minimum absolute atomic E-state index is 0.960. The SMILES string of the molecule is c1cc2ccc3oc4c5ccccc5n5c6ccccc6c(c1)c2c3c45. The maximum absolute atomic E-state index is 6.38. The molecule has 0 bridgehead atoms. The van der Waals surface area contributed by atoms with E-state index >= 15 is 0 Å². The molecule has 0 spiro atoms. The van der Waals surface area contributed by atoms with Gasteiger partial charge in [0.15, 0.2) is 5.58 Å². The summed E-state index contributed by atoms with van der Waals surface area (Å²) in [5.41, 5.74) is 5.53. The van der Waals surface area contributed by atoms with E-state index in [4.69, 9.17) is 4.42 Å². The summed E-state index contributed by atoms with van der Waals surface area (Å²) >= 11 is 0. The summed E-state index contributed by atoms with van der Waals surface area (Å²) in [4.78, 5) is 0. The van der Waals surface area contributed by atoms with Crippen LogP contribution in [0.15, 0.2) is 83.3 Å². The molecule has 3 aromatic heterocycles. The highest BCUT2D eigenvalue weighted by Crippen LogP contribution is 2.44. The molecule has 7 aromatic rings. The molecular formula is C24H13NO. The topological polar surface area (TPSA) is 17.6 Å². The van der Waals surface area contributed by atoms with Crippen LogP contribution in [-0.4, -0.2) is 4.40 Å². The second kappa shape index (κ2) is 4.17. The van der Waals surface area contributed by atoms with Crippen molar-refractivity contribution in [2.75, 3.05) is 0 Å². The molecule has 0 N–H and O–H groups in total. The monoisotopic (exact) mass is 331 g/mol. The van der Waals surface area contributed by atoms with Gasteiger partial charge >= 0.3 is 0 Å². The fraction of sp³-hybridized carbons (Fsp3) is 0. The standard InChI is InChI=1S/C24H13NO/c1-3-10-18-15(7-1)16-9-5-6-14-12-13-20-22(21(14)16)23-24(26-20)17-8-2-4-11-19(17)25(18)23/h1-13H. The van der Waals surface area contributed by atoms with Crippen molar-refractivity contribution in [3.8, 4) is 0 Å². The van der Waals surface area contributed by atoms with Gasteiger partial charge in [0.05, 0.1) is 16.4 Å². The van der Waals surface area contributed by atoms with E-state index < -0.39 is 0 Å². The van der Waals surface area contributed by atoms with Gasteiger partial charge in [0.1, 0.15) is 11.1 Å². The van der Waals surface area contributed by atoms with E-state index in [-0.39, 0.29) is 0 Å². The predicted octanol–water partition coefficient (Wildman–Crippen LogP) is 6.74. The van der Waals surface area contributed by atoms with Crippen molar-refractivity contribution in [2.24, 2.45) is 0 Å². The number of hydrogen-bond acceptors (Lipinski definition) is 1. The lowest BCUT2D eigenvalue weighted by Crippen LogP contribution is -1.83. The van der Waals surface area contributed by atoms with Gasteiger partial charge in [-0.3, -0.25) is 0 Å². The predicted molar refractivity (Wildman–Crippen MR) is 108 cm³/mol. The lowest BCUT2D eigenvalue weighted by atomic mass is 10.0. The Bertz CT molecular complexity index is 1630. The van der Waals surface area contributed by atoms with E-state index in [1.165, 1.54) is 48.9 Å². The van der Waals surface area contributed by atoms with Crippen LogP contribution in [0.25, 0.3) is 60.0 Å². The summed E-state index contributed by atoms with van der Waals surface area (Å²) in [6.45, 7) is 0. The molecule has 0 amide bonds. The fourth-order valence-electron chi connectivity index (χ4n) is 4.70. The van der Waals surface area contributed by atoms with Crippen LogP contribution in [0.1, 0.15) is 0 Å². The lowest BCUT2D eigenvalue weighted by Gasteiger charge is -2.02. The Morgan fingerprint density at radius 2 is 1.31 bits per heavy atom. The van der Waals surface area contributed by atoms with Crippen LogP contribution >= 0.6 is 0 Å². The zero-order chi connectivity index (χ0) is 16.8. The summed E-state index contributed by atoms with van der Waals surface area (Å²) in [7, 11) is 0. The van der Waals surface area contributed by atoms with Gasteiger partial charge in [0.25, 0.3) is 0 Å². The smallest absolute Gasteiger partial charge is 0.161 e. The van der Waals surface area contributed by atoms with Gasteiger partial charge in [-0.05, 0) is 35.0 Å². The van der Waals surface area contributed by atoms with E-state index in [0.717, 1.165) is 11.2 Å². The highest BCUT2D eigenvalue weighted by atomic mass is 16.3. The van der Waals surface area contributed by atoms with Crippen LogP contribution in [0, 0.1) is 0 Å².